The highest BCUT2D eigenvalue weighted by Crippen LogP contribution is 2.20. The van der Waals surface area contributed by atoms with Gasteiger partial charge < -0.3 is 10.1 Å². The van der Waals surface area contributed by atoms with Crippen molar-refractivity contribution in [3.05, 3.63) is 77.4 Å². The molecule has 0 aliphatic rings. The lowest BCUT2D eigenvalue weighted by Crippen LogP contribution is -2.08. The standard InChI is InChI=1S/C21H18F3N3O2/c1-13-19(14(2)27(26-13)17-7-3-15(22)4-8-17)11-12-20(28)25-16-5-9-18(10-6-16)29-21(23)24/h3-12,21H,1-2H3,(H,25,28)/b12-11+. The maximum Gasteiger partial charge on any atom is 0.387 e. The molecule has 2 aromatic carbocycles. The van der Waals surface area contributed by atoms with E-state index in [1.165, 1.54) is 42.5 Å². The summed E-state index contributed by atoms with van der Waals surface area (Å²) in [6.45, 7) is 0.760. The van der Waals surface area contributed by atoms with Crippen LogP contribution >= 0.6 is 0 Å². The van der Waals surface area contributed by atoms with E-state index in [0.29, 0.717) is 17.1 Å². The minimum atomic E-state index is -2.90. The van der Waals surface area contributed by atoms with Gasteiger partial charge in [0.05, 0.1) is 11.4 Å². The van der Waals surface area contributed by atoms with Crippen molar-refractivity contribution < 1.29 is 22.7 Å². The number of amides is 1. The molecular weight excluding hydrogens is 383 g/mol. The predicted molar refractivity (Wildman–Crippen MR) is 104 cm³/mol. The second-order valence-corrected chi connectivity index (χ2v) is 6.20. The number of nitrogens with zero attached hydrogens (tertiary/aromatic N) is 2. The minimum absolute atomic E-state index is 0.00741. The zero-order chi connectivity index (χ0) is 21.0. The van der Waals surface area contributed by atoms with Crippen LogP contribution in [-0.4, -0.2) is 22.3 Å². The smallest absolute Gasteiger partial charge is 0.387 e. The summed E-state index contributed by atoms with van der Waals surface area (Å²) in [7, 11) is 0. The summed E-state index contributed by atoms with van der Waals surface area (Å²) < 4.78 is 43.4. The molecule has 1 heterocycles. The van der Waals surface area contributed by atoms with Crippen LogP contribution in [0.4, 0.5) is 18.9 Å². The van der Waals surface area contributed by atoms with E-state index in [1.54, 1.807) is 22.9 Å². The minimum Gasteiger partial charge on any atom is -0.435 e. The lowest BCUT2D eigenvalue weighted by molar-refractivity contribution is -0.111. The second kappa shape index (κ2) is 8.64. The fraction of sp³-hybridized carbons (Fsp3) is 0.143. The van der Waals surface area contributed by atoms with Crippen LogP contribution in [0.2, 0.25) is 0 Å². The molecule has 150 valence electrons. The van der Waals surface area contributed by atoms with E-state index in [-0.39, 0.29) is 17.5 Å². The maximum atomic E-state index is 13.1. The third-order valence-corrected chi connectivity index (χ3v) is 4.17. The molecule has 0 bridgehead atoms. The first-order valence-corrected chi connectivity index (χ1v) is 8.69. The highest BCUT2D eigenvalue weighted by Gasteiger charge is 2.11. The largest absolute Gasteiger partial charge is 0.435 e. The van der Waals surface area contributed by atoms with Crippen LogP contribution < -0.4 is 10.1 Å². The molecule has 1 amide bonds. The van der Waals surface area contributed by atoms with E-state index in [2.05, 4.69) is 15.2 Å². The molecule has 8 heteroatoms. The lowest BCUT2D eigenvalue weighted by Gasteiger charge is -2.06. The fourth-order valence-corrected chi connectivity index (χ4v) is 2.79. The zero-order valence-electron chi connectivity index (χ0n) is 15.7. The molecule has 0 fully saturated rings. The number of carbonyl (C=O) groups is 1. The van der Waals surface area contributed by atoms with Gasteiger partial charge in [-0.05, 0) is 68.5 Å². The number of alkyl halides is 2. The Morgan fingerprint density at radius 3 is 2.38 bits per heavy atom. The van der Waals surface area contributed by atoms with Gasteiger partial charge in [0.2, 0.25) is 5.91 Å². The Hall–Kier alpha value is -3.55. The summed E-state index contributed by atoms with van der Waals surface area (Å²) in [6.07, 6.45) is 3.00. The zero-order valence-corrected chi connectivity index (χ0v) is 15.7. The first-order chi connectivity index (χ1) is 13.8. The van der Waals surface area contributed by atoms with E-state index >= 15 is 0 Å². The number of nitrogens with one attached hydrogen (secondary N) is 1. The Balaban J connectivity index is 1.71. The van der Waals surface area contributed by atoms with Crippen LogP contribution in [0, 0.1) is 19.7 Å². The average Bonchev–Trinajstić information content (AvgIpc) is 2.96. The summed E-state index contributed by atoms with van der Waals surface area (Å²) >= 11 is 0. The van der Waals surface area contributed by atoms with Crippen molar-refractivity contribution in [3.8, 4) is 11.4 Å². The highest BCUT2D eigenvalue weighted by atomic mass is 19.3. The Kier molecular flexibility index (Phi) is 6.01. The van der Waals surface area contributed by atoms with Gasteiger partial charge in [0.1, 0.15) is 11.6 Å². The SMILES string of the molecule is Cc1nn(-c2ccc(F)cc2)c(C)c1/C=C/C(=O)Nc1ccc(OC(F)F)cc1. The van der Waals surface area contributed by atoms with Gasteiger partial charge in [0, 0.05) is 23.0 Å². The number of rotatable bonds is 6. The first-order valence-electron chi connectivity index (χ1n) is 8.69. The monoisotopic (exact) mass is 401 g/mol. The molecule has 0 saturated carbocycles. The normalized spacial score (nSPS) is 11.2. The van der Waals surface area contributed by atoms with E-state index in [0.717, 1.165) is 11.3 Å². The van der Waals surface area contributed by atoms with Crippen LogP contribution in [0.15, 0.2) is 54.6 Å². The van der Waals surface area contributed by atoms with Crippen molar-refractivity contribution in [2.24, 2.45) is 0 Å². The van der Waals surface area contributed by atoms with Crippen LogP contribution in [-0.2, 0) is 4.79 Å². The van der Waals surface area contributed by atoms with Crippen molar-refractivity contribution in [2.45, 2.75) is 20.5 Å². The first kappa shape index (κ1) is 20.2. The van der Waals surface area contributed by atoms with E-state index < -0.39 is 6.61 Å². The number of hydrogen-bond donors (Lipinski definition) is 1. The summed E-state index contributed by atoms with van der Waals surface area (Å²) in [6, 6.07) is 11.6. The number of aromatic nitrogens is 2. The molecule has 0 radical (unpaired) electrons. The topological polar surface area (TPSA) is 56.2 Å². The van der Waals surface area contributed by atoms with Gasteiger partial charge in [-0.2, -0.15) is 13.9 Å². The Morgan fingerprint density at radius 1 is 1.10 bits per heavy atom. The summed E-state index contributed by atoms with van der Waals surface area (Å²) in [5, 5.41) is 7.08. The van der Waals surface area contributed by atoms with Crippen molar-refractivity contribution in [1.82, 2.24) is 9.78 Å². The molecule has 0 aliphatic heterocycles. The van der Waals surface area contributed by atoms with Crippen molar-refractivity contribution in [3.63, 3.8) is 0 Å². The molecule has 0 unspecified atom stereocenters. The summed E-state index contributed by atoms with van der Waals surface area (Å²) in [5.74, 6) is -0.713. The Morgan fingerprint density at radius 2 is 1.76 bits per heavy atom. The van der Waals surface area contributed by atoms with Crippen LogP contribution in [0.1, 0.15) is 17.0 Å². The van der Waals surface area contributed by atoms with Crippen LogP contribution in [0.3, 0.4) is 0 Å². The quantitative estimate of drug-likeness (QED) is 0.599. The number of halogens is 3. The number of ether oxygens (including phenoxy) is 1. The number of hydrogen-bond acceptors (Lipinski definition) is 3. The van der Waals surface area contributed by atoms with Crippen molar-refractivity contribution in [2.75, 3.05) is 5.32 Å². The molecule has 29 heavy (non-hydrogen) atoms. The van der Waals surface area contributed by atoms with Gasteiger partial charge in [-0.25, -0.2) is 9.07 Å². The van der Waals surface area contributed by atoms with Gasteiger partial charge in [0.25, 0.3) is 0 Å². The second-order valence-electron chi connectivity index (χ2n) is 6.20. The summed E-state index contributed by atoms with van der Waals surface area (Å²) in [4.78, 5) is 12.2. The molecule has 0 spiro atoms. The summed E-state index contributed by atoms with van der Waals surface area (Å²) in [5.41, 5.74) is 3.43. The van der Waals surface area contributed by atoms with Gasteiger partial charge in [-0.1, -0.05) is 0 Å². The molecule has 0 atom stereocenters. The fourth-order valence-electron chi connectivity index (χ4n) is 2.79. The molecular formula is C21H18F3N3O2. The maximum absolute atomic E-state index is 13.1. The predicted octanol–water partition coefficient (Wildman–Crippen LogP) is 4.88. The molecule has 0 aliphatic carbocycles. The average molecular weight is 401 g/mol. The molecule has 5 nitrogen and oxygen atoms in total. The molecule has 1 aromatic heterocycles. The van der Waals surface area contributed by atoms with Crippen molar-refractivity contribution >= 4 is 17.7 Å². The molecule has 3 rings (SSSR count). The van der Waals surface area contributed by atoms with Gasteiger partial charge in [-0.15, -0.1) is 0 Å². The van der Waals surface area contributed by atoms with Crippen molar-refractivity contribution in [1.29, 1.82) is 0 Å². The number of anilines is 1. The van der Waals surface area contributed by atoms with E-state index in [4.69, 9.17) is 0 Å². The van der Waals surface area contributed by atoms with Gasteiger partial charge >= 0.3 is 6.61 Å². The van der Waals surface area contributed by atoms with Gasteiger partial charge in [-0.3, -0.25) is 4.79 Å². The third kappa shape index (κ3) is 5.04. The van der Waals surface area contributed by atoms with Crippen LogP contribution in [0.25, 0.3) is 11.8 Å². The highest BCUT2D eigenvalue weighted by molar-refractivity contribution is 6.02. The Bertz CT molecular complexity index is 1030. The van der Waals surface area contributed by atoms with E-state index in [1.807, 2.05) is 13.8 Å². The Labute approximate surface area is 165 Å². The molecule has 3 aromatic rings. The number of aryl methyl sites for hydroxylation is 1. The molecule has 0 saturated heterocycles. The third-order valence-electron chi connectivity index (χ3n) is 4.17. The van der Waals surface area contributed by atoms with Gasteiger partial charge in [0.15, 0.2) is 0 Å². The number of carbonyl (C=O) groups excluding carboxylic acids is 1. The van der Waals surface area contributed by atoms with Crippen LogP contribution in [0.5, 0.6) is 5.75 Å². The number of benzene rings is 2. The van der Waals surface area contributed by atoms with E-state index in [9.17, 15) is 18.0 Å². The molecule has 1 N–H and O–H groups in total. The lowest BCUT2D eigenvalue weighted by atomic mass is 10.2.